The van der Waals surface area contributed by atoms with E-state index in [1.165, 1.54) is 13.3 Å². The molecule has 0 aliphatic rings. The Morgan fingerprint density at radius 2 is 2.36 bits per heavy atom. The van der Waals surface area contributed by atoms with E-state index in [0.29, 0.717) is 6.42 Å². The molecule has 0 amide bonds. The van der Waals surface area contributed by atoms with Gasteiger partial charge in [0.15, 0.2) is 5.78 Å². The predicted octanol–water partition coefficient (Wildman–Crippen LogP) is 1.83. The van der Waals surface area contributed by atoms with Gasteiger partial charge >= 0.3 is 0 Å². The largest absolute Gasteiger partial charge is 0.373 e. The summed E-state index contributed by atoms with van der Waals surface area (Å²) < 4.78 is 17.7. The Bertz CT molecular complexity index is 324. The van der Waals surface area contributed by atoms with Crippen LogP contribution in [0.2, 0.25) is 0 Å². The van der Waals surface area contributed by atoms with Crippen molar-refractivity contribution in [3.63, 3.8) is 0 Å². The van der Waals surface area contributed by atoms with Gasteiger partial charge in [0.1, 0.15) is 11.9 Å². The molecule has 0 aromatic carbocycles. The number of aromatic nitrogens is 1. The number of pyridine rings is 1. The van der Waals surface area contributed by atoms with Crippen molar-refractivity contribution >= 4 is 5.78 Å². The highest BCUT2D eigenvalue weighted by Gasteiger charge is 2.17. The number of carbonyl (C=O) groups is 1. The van der Waals surface area contributed by atoms with Crippen LogP contribution in [0, 0.1) is 5.82 Å². The highest BCUT2D eigenvalue weighted by molar-refractivity contribution is 5.99. The Morgan fingerprint density at radius 3 is 2.86 bits per heavy atom. The molecule has 3 nitrogen and oxygen atoms in total. The molecule has 1 aromatic heterocycles. The summed E-state index contributed by atoms with van der Waals surface area (Å²) >= 11 is 0. The average Bonchev–Trinajstić information content (AvgIpc) is 2.19. The first-order chi connectivity index (χ1) is 6.69. The van der Waals surface area contributed by atoms with E-state index in [1.54, 1.807) is 0 Å². The number of nitrogens with zero attached hydrogens (tertiary/aromatic N) is 1. The van der Waals surface area contributed by atoms with Crippen LogP contribution < -0.4 is 0 Å². The third kappa shape index (κ3) is 2.35. The van der Waals surface area contributed by atoms with E-state index < -0.39 is 11.9 Å². The average molecular weight is 197 g/mol. The fourth-order valence-electron chi connectivity index (χ4n) is 1.19. The lowest BCUT2D eigenvalue weighted by Crippen LogP contribution is -2.22. The van der Waals surface area contributed by atoms with Crippen molar-refractivity contribution < 1.29 is 13.9 Å². The van der Waals surface area contributed by atoms with Crippen LogP contribution in [0.25, 0.3) is 0 Å². The number of rotatable bonds is 4. The van der Waals surface area contributed by atoms with Crippen molar-refractivity contribution in [1.29, 1.82) is 0 Å². The minimum absolute atomic E-state index is 0.234. The van der Waals surface area contributed by atoms with Crippen LogP contribution in [-0.2, 0) is 4.74 Å². The molecular formula is C10H12FNO2. The minimum Gasteiger partial charge on any atom is -0.373 e. The topological polar surface area (TPSA) is 39.2 Å². The number of ketones is 1. The van der Waals surface area contributed by atoms with Crippen LogP contribution in [0.15, 0.2) is 18.5 Å². The molecular weight excluding hydrogens is 185 g/mol. The zero-order valence-electron chi connectivity index (χ0n) is 8.16. The van der Waals surface area contributed by atoms with E-state index in [-0.39, 0.29) is 11.3 Å². The van der Waals surface area contributed by atoms with E-state index in [2.05, 4.69) is 4.98 Å². The molecule has 0 spiro atoms. The second-order valence-electron chi connectivity index (χ2n) is 2.89. The molecule has 0 aliphatic carbocycles. The summed E-state index contributed by atoms with van der Waals surface area (Å²) in [7, 11) is 1.46. The number of hydrogen-bond donors (Lipinski definition) is 0. The summed E-state index contributed by atoms with van der Waals surface area (Å²) in [4.78, 5) is 15.2. The first-order valence-corrected chi connectivity index (χ1v) is 4.36. The number of methoxy groups -OCH3 is 1. The molecule has 1 rings (SSSR count). The predicted molar refractivity (Wildman–Crippen MR) is 49.6 cm³/mol. The molecule has 4 heteroatoms. The second kappa shape index (κ2) is 4.81. The Balaban J connectivity index is 2.88. The number of hydrogen-bond acceptors (Lipinski definition) is 3. The number of Topliss-reactive ketones (excluding diaryl/α,β-unsaturated/α-hetero) is 1. The van der Waals surface area contributed by atoms with Crippen molar-refractivity contribution in [1.82, 2.24) is 4.98 Å². The summed E-state index contributed by atoms with van der Waals surface area (Å²) in [6.45, 7) is 1.83. The van der Waals surface area contributed by atoms with Gasteiger partial charge in [0.2, 0.25) is 0 Å². The lowest BCUT2D eigenvalue weighted by atomic mass is 10.1. The van der Waals surface area contributed by atoms with Gasteiger partial charge in [-0.05, 0) is 12.5 Å². The Labute approximate surface area is 81.9 Å². The molecule has 0 bridgehead atoms. The van der Waals surface area contributed by atoms with Crippen LogP contribution >= 0.6 is 0 Å². The standard InChI is InChI=1S/C10H12FNO2/c1-3-9(14-2)10(13)7-4-8(11)6-12-5-7/h4-6,9H,3H2,1-2H3. The molecule has 0 aliphatic heterocycles. The highest BCUT2D eigenvalue weighted by atomic mass is 19.1. The maximum absolute atomic E-state index is 12.7. The van der Waals surface area contributed by atoms with Crippen molar-refractivity contribution in [3.8, 4) is 0 Å². The number of halogens is 1. The third-order valence-electron chi connectivity index (χ3n) is 1.94. The first-order valence-electron chi connectivity index (χ1n) is 4.36. The zero-order chi connectivity index (χ0) is 10.6. The van der Waals surface area contributed by atoms with Gasteiger partial charge in [-0.25, -0.2) is 4.39 Å². The number of carbonyl (C=O) groups excluding carboxylic acids is 1. The van der Waals surface area contributed by atoms with Crippen molar-refractivity contribution in [2.75, 3.05) is 7.11 Å². The van der Waals surface area contributed by atoms with Crippen LogP contribution in [0.4, 0.5) is 4.39 Å². The molecule has 0 fully saturated rings. The van der Waals surface area contributed by atoms with E-state index >= 15 is 0 Å². The maximum Gasteiger partial charge on any atom is 0.193 e. The summed E-state index contributed by atoms with van der Waals surface area (Å²) in [5.41, 5.74) is 0.249. The van der Waals surface area contributed by atoms with Crippen LogP contribution in [0.3, 0.4) is 0 Å². The van der Waals surface area contributed by atoms with Gasteiger partial charge in [-0.15, -0.1) is 0 Å². The Morgan fingerprint density at radius 1 is 1.64 bits per heavy atom. The van der Waals surface area contributed by atoms with Crippen LogP contribution in [0.5, 0.6) is 0 Å². The summed E-state index contributed by atoms with van der Waals surface area (Å²) in [5.74, 6) is -0.746. The van der Waals surface area contributed by atoms with Gasteiger partial charge in [0.25, 0.3) is 0 Å². The lowest BCUT2D eigenvalue weighted by molar-refractivity contribution is 0.0595. The summed E-state index contributed by atoms with van der Waals surface area (Å²) in [6, 6.07) is 1.16. The molecule has 76 valence electrons. The summed E-state index contributed by atoms with van der Waals surface area (Å²) in [6.07, 6.45) is 2.45. The fraction of sp³-hybridized carbons (Fsp3) is 0.400. The van der Waals surface area contributed by atoms with Gasteiger partial charge in [-0.3, -0.25) is 9.78 Å². The molecule has 14 heavy (non-hydrogen) atoms. The SMILES string of the molecule is CCC(OC)C(=O)c1cncc(F)c1. The quantitative estimate of drug-likeness (QED) is 0.691. The van der Waals surface area contributed by atoms with Gasteiger partial charge in [-0.1, -0.05) is 6.92 Å². The second-order valence-corrected chi connectivity index (χ2v) is 2.89. The molecule has 1 unspecified atom stereocenters. The van der Waals surface area contributed by atoms with Crippen LogP contribution in [0.1, 0.15) is 23.7 Å². The Hall–Kier alpha value is -1.29. The van der Waals surface area contributed by atoms with Gasteiger partial charge in [0, 0.05) is 18.9 Å². The molecule has 0 saturated carbocycles. The monoisotopic (exact) mass is 197 g/mol. The van der Waals surface area contributed by atoms with Crippen molar-refractivity contribution in [2.45, 2.75) is 19.4 Å². The highest BCUT2D eigenvalue weighted by Crippen LogP contribution is 2.08. The first kappa shape index (κ1) is 10.8. The van der Waals surface area contributed by atoms with E-state index in [4.69, 9.17) is 4.74 Å². The normalized spacial score (nSPS) is 12.5. The molecule has 1 heterocycles. The summed E-state index contributed by atoms with van der Waals surface area (Å²) in [5, 5.41) is 0. The Kier molecular flexibility index (Phi) is 3.71. The van der Waals surface area contributed by atoms with E-state index in [1.807, 2.05) is 6.92 Å². The zero-order valence-corrected chi connectivity index (χ0v) is 8.16. The molecule has 1 aromatic rings. The maximum atomic E-state index is 12.7. The van der Waals surface area contributed by atoms with Crippen molar-refractivity contribution in [2.24, 2.45) is 0 Å². The molecule has 0 N–H and O–H groups in total. The molecule has 1 atom stereocenters. The lowest BCUT2D eigenvalue weighted by Gasteiger charge is -2.10. The van der Waals surface area contributed by atoms with Crippen molar-refractivity contribution in [3.05, 3.63) is 29.8 Å². The molecule has 0 saturated heterocycles. The van der Waals surface area contributed by atoms with E-state index in [9.17, 15) is 9.18 Å². The van der Waals surface area contributed by atoms with Gasteiger partial charge in [-0.2, -0.15) is 0 Å². The molecule has 0 radical (unpaired) electrons. The fourth-order valence-corrected chi connectivity index (χ4v) is 1.19. The van der Waals surface area contributed by atoms with Gasteiger partial charge < -0.3 is 4.74 Å². The minimum atomic E-state index is -0.515. The van der Waals surface area contributed by atoms with Gasteiger partial charge in [0.05, 0.1) is 6.20 Å². The third-order valence-corrected chi connectivity index (χ3v) is 1.94. The smallest absolute Gasteiger partial charge is 0.193 e. The number of ether oxygens (including phenoxy) is 1. The van der Waals surface area contributed by atoms with Crippen LogP contribution in [-0.4, -0.2) is 24.0 Å². The van der Waals surface area contributed by atoms with E-state index in [0.717, 1.165) is 12.3 Å².